The summed E-state index contributed by atoms with van der Waals surface area (Å²) in [5.41, 5.74) is 1.41. The summed E-state index contributed by atoms with van der Waals surface area (Å²) in [6.07, 6.45) is -4.86. The fourth-order valence-electron chi connectivity index (χ4n) is 5.11. The molecule has 3 aromatic rings. The van der Waals surface area contributed by atoms with Gasteiger partial charge in [0.2, 0.25) is 0 Å². The van der Waals surface area contributed by atoms with Crippen LogP contribution in [-0.4, -0.2) is 69.4 Å². The third-order valence-corrected chi connectivity index (χ3v) is 12.0. The summed E-state index contributed by atoms with van der Waals surface area (Å²) in [4.78, 5) is 2.26. The number of halogens is 4. The van der Waals surface area contributed by atoms with Crippen LogP contribution in [0.25, 0.3) is 10.1 Å². The molecule has 2 N–H and O–H groups in total. The largest absolute Gasteiger partial charge is 0.495 e. The minimum atomic E-state index is -4.41. The molecule has 2 atom stereocenters. The zero-order valence-corrected chi connectivity index (χ0v) is 25.4. The van der Waals surface area contributed by atoms with Gasteiger partial charge in [-0.25, -0.2) is 4.39 Å². The molecule has 1 saturated heterocycles. The molecule has 0 bridgehead atoms. The van der Waals surface area contributed by atoms with E-state index in [1.807, 2.05) is 31.9 Å². The van der Waals surface area contributed by atoms with Crippen molar-refractivity contribution in [3.63, 3.8) is 0 Å². The van der Waals surface area contributed by atoms with Gasteiger partial charge in [-0.05, 0) is 48.7 Å². The molecule has 0 radical (unpaired) electrons. The number of methoxy groups -OCH3 is 1. The van der Waals surface area contributed by atoms with Crippen molar-refractivity contribution in [2.24, 2.45) is 0 Å². The maximum Gasteiger partial charge on any atom is 0.393 e. The molecular formula is C30H36F4N3O2PS. The molecule has 1 aromatic heterocycles. The lowest BCUT2D eigenvalue weighted by Crippen LogP contribution is -2.46. The van der Waals surface area contributed by atoms with E-state index in [9.17, 15) is 22.1 Å². The number of nitrogens with zero attached hydrogens (tertiary/aromatic N) is 1. The number of nitrogens with one attached hydrogen (secondary N) is 2. The normalized spacial score (nSPS) is 18.1. The molecule has 5 nitrogen and oxygen atoms in total. The van der Waals surface area contributed by atoms with Crippen LogP contribution in [0.5, 0.6) is 5.75 Å². The topological polar surface area (TPSA) is 53.6 Å². The second-order valence-corrected chi connectivity index (χ2v) is 14.8. The van der Waals surface area contributed by atoms with E-state index in [-0.39, 0.29) is 12.1 Å². The van der Waals surface area contributed by atoms with E-state index in [0.29, 0.717) is 57.4 Å². The Morgan fingerprint density at radius 1 is 1.17 bits per heavy atom. The molecule has 1 unspecified atom stereocenters. The van der Waals surface area contributed by atoms with Gasteiger partial charge in [0.25, 0.3) is 0 Å². The number of fused-ring (bicyclic) bond motifs is 1. The number of benzene rings is 2. The summed E-state index contributed by atoms with van der Waals surface area (Å²) in [5, 5.41) is 7.65. The first-order valence-electron chi connectivity index (χ1n) is 13.7. The van der Waals surface area contributed by atoms with Gasteiger partial charge in [-0.2, -0.15) is 13.2 Å². The molecule has 1 fully saturated rings. The number of likely N-dealkylation sites (tertiary alicyclic amines) is 1. The van der Waals surface area contributed by atoms with E-state index in [4.69, 9.17) is 4.74 Å². The van der Waals surface area contributed by atoms with Gasteiger partial charge >= 0.3 is 6.18 Å². The molecule has 0 saturated carbocycles. The molecule has 0 spiro atoms. The highest BCUT2D eigenvalue weighted by Gasteiger charge is 2.32. The van der Waals surface area contributed by atoms with Crippen LogP contribution in [0, 0.1) is 11.8 Å². The molecule has 0 amide bonds. The molecule has 1 aliphatic heterocycles. The molecule has 0 aliphatic carbocycles. The smallest absolute Gasteiger partial charge is 0.393 e. The minimum Gasteiger partial charge on any atom is -0.495 e. The van der Waals surface area contributed by atoms with Crippen LogP contribution < -0.4 is 20.7 Å². The number of hydrogen-bond acceptors (Lipinski definition) is 6. The lowest BCUT2D eigenvalue weighted by atomic mass is 10.0. The first-order chi connectivity index (χ1) is 19.5. The van der Waals surface area contributed by atoms with Gasteiger partial charge in [-0.3, -0.25) is 0 Å². The fourth-order valence-corrected chi connectivity index (χ4v) is 8.16. The fraction of sp³-hybridized carbons (Fsp3) is 0.467. The summed E-state index contributed by atoms with van der Waals surface area (Å²) in [6, 6.07) is 10.1. The number of anilines is 2. The number of ether oxygens (including phenoxy) is 1. The maximum absolute atomic E-state index is 14.7. The highest BCUT2D eigenvalue weighted by Crippen LogP contribution is 2.45. The predicted octanol–water partition coefficient (Wildman–Crippen LogP) is 6.96. The predicted molar refractivity (Wildman–Crippen MR) is 163 cm³/mol. The Hall–Kier alpha value is -2.73. The first kappa shape index (κ1) is 31.2. The van der Waals surface area contributed by atoms with Crippen LogP contribution in [0.4, 0.5) is 28.9 Å². The van der Waals surface area contributed by atoms with Crippen LogP contribution in [0.3, 0.4) is 0 Å². The van der Waals surface area contributed by atoms with Crippen molar-refractivity contribution in [1.82, 2.24) is 4.90 Å². The van der Waals surface area contributed by atoms with Crippen LogP contribution in [0.1, 0.15) is 30.7 Å². The van der Waals surface area contributed by atoms with E-state index >= 15 is 0 Å². The molecule has 1 aliphatic rings. The standard InChI is InChI=1S/C30H36F4N3O2PS/c1-5-40(38,6-2)20-12-13-25(27(17-20)39-4)35-15-8-11-28-22(18-30(32,33)34)21-9-7-10-26(29(21)41-28)36-24-14-16-37(3)19-23(24)31/h7,9-10,12-13,17,23-24,35-36H,5-6,14-16,18-19H2,1-4H3/t23-,24?/m1/s1. The van der Waals surface area contributed by atoms with Gasteiger partial charge in [0.05, 0.1) is 47.1 Å². The Morgan fingerprint density at radius 3 is 2.59 bits per heavy atom. The average Bonchev–Trinajstić information content (AvgIpc) is 3.28. The Balaban J connectivity index is 1.59. The van der Waals surface area contributed by atoms with E-state index in [1.54, 1.807) is 30.3 Å². The Morgan fingerprint density at radius 2 is 1.93 bits per heavy atom. The van der Waals surface area contributed by atoms with Crippen molar-refractivity contribution in [2.75, 3.05) is 56.7 Å². The highest BCUT2D eigenvalue weighted by molar-refractivity contribution is 7.71. The zero-order chi connectivity index (χ0) is 29.8. The summed E-state index contributed by atoms with van der Waals surface area (Å²) in [7, 11) is 0.919. The number of rotatable bonds is 9. The lowest BCUT2D eigenvalue weighted by molar-refractivity contribution is -0.126. The van der Waals surface area contributed by atoms with Gasteiger partial charge in [0.15, 0.2) is 0 Å². The van der Waals surface area contributed by atoms with Crippen molar-refractivity contribution in [3.8, 4) is 17.6 Å². The average molecular weight is 610 g/mol. The quantitative estimate of drug-likeness (QED) is 0.156. The number of piperidine rings is 1. The molecule has 222 valence electrons. The monoisotopic (exact) mass is 609 g/mol. The van der Waals surface area contributed by atoms with E-state index in [1.165, 1.54) is 18.4 Å². The van der Waals surface area contributed by atoms with Crippen LogP contribution in [0.2, 0.25) is 0 Å². The zero-order valence-electron chi connectivity index (χ0n) is 23.7. The third-order valence-electron chi connectivity index (χ3n) is 7.53. The number of hydrogen-bond donors (Lipinski definition) is 2. The van der Waals surface area contributed by atoms with Crippen LogP contribution in [0.15, 0.2) is 36.4 Å². The molecule has 41 heavy (non-hydrogen) atoms. The van der Waals surface area contributed by atoms with Gasteiger partial charge < -0.3 is 24.8 Å². The SMILES string of the molecule is CCP(=O)(CC)c1ccc(NCC#Cc2sc3c(NC4CCN(C)C[C@H]4F)cccc3c2CC(F)(F)F)c(OC)c1. The molecule has 4 rings (SSSR count). The number of alkyl halides is 4. The minimum absolute atomic E-state index is 0.130. The van der Waals surface area contributed by atoms with Crippen molar-refractivity contribution < 1.29 is 26.9 Å². The van der Waals surface area contributed by atoms with Crippen molar-refractivity contribution in [3.05, 3.63) is 46.8 Å². The Bertz CT molecular complexity index is 1470. The molecule has 2 aromatic carbocycles. The van der Waals surface area contributed by atoms with Gasteiger partial charge in [-0.1, -0.05) is 37.8 Å². The van der Waals surface area contributed by atoms with Gasteiger partial charge in [0.1, 0.15) is 19.1 Å². The van der Waals surface area contributed by atoms with Crippen molar-refractivity contribution >= 4 is 45.2 Å². The summed E-state index contributed by atoms with van der Waals surface area (Å²) >= 11 is 1.19. The Kier molecular flexibility index (Phi) is 9.94. The maximum atomic E-state index is 14.7. The van der Waals surface area contributed by atoms with Crippen molar-refractivity contribution in [1.29, 1.82) is 0 Å². The van der Waals surface area contributed by atoms with E-state index in [0.717, 1.165) is 11.8 Å². The Labute approximate surface area is 243 Å². The molecular weight excluding hydrogens is 573 g/mol. The van der Waals surface area contributed by atoms with E-state index in [2.05, 4.69) is 22.5 Å². The van der Waals surface area contributed by atoms with Gasteiger partial charge in [0, 0.05) is 30.7 Å². The van der Waals surface area contributed by atoms with Gasteiger partial charge in [-0.15, -0.1) is 11.3 Å². The molecule has 2 heterocycles. The lowest BCUT2D eigenvalue weighted by Gasteiger charge is -2.33. The summed E-state index contributed by atoms with van der Waals surface area (Å²) in [6.45, 7) is 5.03. The van der Waals surface area contributed by atoms with Crippen molar-refractivity contribution in [2.45, 2.75) is 45.1 Å². The number of thiophene rings is 1. The molecule has 11 heteroatoms. The van der Waals surface area contributed by atoms with Crippen LogP contribution in [-0.2, 0) is 11.0 Å². The second kappa shape index (κ2) is 13.1. The summed E-state index contributed by atoms with van der Waals surface area (Å²) in [5.74, 6) is 6.43. The first-order valence-corrected chi connectivity index (χ1v) is 16.6. The van der Waals surface area contributed by atoms with Crippen LogP contribution >= 0.6 is 18.5 Å². The summed E-state index contributed by atoms with van der Waals surface area (Å²) < 4.78 is 74.7. The second-order valence-electron chi connectivity index (χ2n) is 10.3. The highest BCUT2D eigenvalue weighted by atomic mass is 32.1. The van der Waals surface area contributed by atoms with E-state index < -0.39 is 32.0 Å². The third kappa shape index (κ3) is 7.38.